The van der Waals surface area contributed by atoms with E-state index in [-0.39, 0.29) is 29.6 Å². The Balaban J connectivity index is 1.52. The third kappa shape index (κ3) is 4.95. The van der Waals surface area contributed by atoms with Crippen LogP contribution in [0.25, 0.3) is 0 Å². The Bertz CT molecular complexity index is 800. The molecule has 1 N–H and O–H groups in total. The molecular formula is C21H22BrFN2O2. The third-order valence-electron chi connectivity index (χ3n) is 4.97. The molecule has 1 aliphatic rings. The first-order valence-electron chi connectivity index (χ1n) is 9.04. The Morgan fingerprint density at radius 1 is 1.07 bits per heavy atom. The molecule has 142 valence electrons. The zero-order valence-electron chi connectivity index (χ0n) is 15.1. The lowest BCUT2D eigenvalue weighted by Gasteiger charge is -2.32. The average Bonchev–Trinajstić information content (AvgIpc) is 2.68. The molecule has 0 aromatic heterocycles. The first-order valence-corrected chi connectivity index (χ1v) is 9.84. The predicted octanol–water partition coefficient (Wildman–Crippen LogP) is 4.32. The molecular weight excluding hydrogens is 411 g/mol. The number of amides is 2. The summed E-state index contributed by atoms with van der Waals surface area (Å²) in [6.07, 6.45) is 1.26. The van der Waals surface area contributed by atoms with E-state index in [9.17, 15) is 14.0 Å². The first-order chi connectivity index (χ1) is 12.9. The van der Waals surface area contributed by atoms with Crippen LogP contribution in [0.2, 0.25) is 0 Å². The molecule has 0 bridgehead atoms. The summed E-state index contributed by atoms with van der Waals surface area (Å²) in [5.74, 6) is -0.543. The predicted molar refractivity (Wildman–Crippen MR) is 106 cm³/mol. The van der Waals surface area contributed by atoms with E-state index < -0.39 is 0 Å². The number of benzene rings is 2. The molecule has 1 fully saturated rings. The van der Waals surface area contributed by atoms with Crippen LogP contribution in [0.4, 0.5) is 4.39 Å². The standard InChI is InChI=1S/C21H22BrFN2O2/c1-14(15-2-6-18(22)7-3-15)24-20(26)16-10-12-25(13-11-16)21(27)17-4-8-19(23)9-5-17/h2-9,14,16H,10-13H2,1H3,(H,24,26). The van der Waals surface area contributed by atoms with Gasteiger partial charge in [0.1, 0.15) is 5.82 Å². The maximum absolute atomic E-state index is 13.0. The summed E-state index contributed by atoms with van der Waals surface area (Å²) in [7, 11) is 0. The number of rotatable bonds is 4. The number of hydrogen-bond acceptors (Lipinski definition) is 2. The van der Waals surface area contributed by atoms with Crippen LogP contribution in [0.15, 0.2) is 53.0 Å². The zero-order chi connectivity index (χ0) is 19.4. The molecule has 3 rings (SSSR count). The lowest BCUT2D eigenvalue weighted by Crippen LogP contribution is -2.43. The van der Waals surface area contributed by atoms with Crippen LogP contribution in [-0.2, 0) is 4.79 Å². The van der Waals surface area contributed by atoms with Crippen LogP contribution in [-0.4, -0.2) is 29.8 Å². The van der Waals surface area contributed by atoms with Gasteiger partial charge in [-0.2, -0.15) is 0 Å². The molecule has 1 aliphatic heterocycles. The molecule has 2 aromatic rings. The molecule has 1 saturated heterocycles. The topological polar surface area (TPSA) is 49.4 Å². The highest BCUT2D eigenvalue weighted by Crippen LogP contribution is 2.22. The number of likely N-dealkylation sites (tertiary alicyclic amines) is 1. The summed E-state index contributed by atoms with van der Waals surface area (Å²) in [5, 5.41) is 3.07. The van der Waals surface area contributed by atoms with Crippen LogP contribution in [0.5, 0.6) is 0 Å². The number of carbonyl (C=O) groups is 2. The van der Waals surface area contributed by atoms with Gasteiger partial charge in [0.05, 0.1) is 6.04 Å². The fourth-order valence-electron chi connectivity index (χ4n) is 3.29. The second-order valence-electron chi connectivity index (χ2n) is 6.86. The van der Waals surface area contributed by atoms with Crippen molar-refractivity contribution in [2.75, 3.05) is 13.1 Å². The lowest BCUT2D eigenvalue weighted by atomic mass is 9.94. The first kappa shape index (κ1) is 19.5. The van der Waals surface area contributed by atoms with Gasteiger partial charge in [-0.05, 0) is 61.7 Å². The molecule has 1 atom stereocenters. The lowest BCUT2D eigenvalue weighted by molar-refractivity contribution is -0.126. The Morgan fingerprint density at radius 2 is 1.67 bits per heavy atom. The number of carbonyl (C=O) groups excluding carboxylic acids is 2. The normalized spacial score (nSPS) is 16.0. The second kappa shape index (κ2) is 8.65. The van der Waals surface area contributed by atoms with Gasteiger partial charge in [-0.15, -0.1) is 0 Å². The van der Waals surface area contributed by atoms with Crippen molar-refractivity contribution in [3.05, 3.63) is 69.9 Å². The minimum absolute atomic E-state index is 0.0271. The molecule has 1 unspecified atom stereocenters. The van der Waals surface area contributed by atoms with Crippen molar-refractivity contribution in [1.82, 2.24) is 10.2 Å². The van der Waals surface area contributed by atoms with Crippen molar-refractivity contribution in [1.29, 1.82) is 0 Å². The molecule has 4 nitrogen and oxygen atoms in total. The minimum atomic E-state index is -0.359. The molecule has 0 aliphatic carbocycles. The van der Waals surface area contributed by atoms with Gasteiger partial charge in [-0.25, -0.2) is 4.39 Å². The average molecular weight is 433 g/mol. The summed E-state index contributed by atoms with van der Waals surface area (Å²) in [6, 6.07) is 13.4. The number of hydrogen-bond donors (Lipinski definition) is 1. The fraction of sp³-hybridized carbons (Fsp3) is 0.333. The summed E-state index contributed by atoms with van der Waals surface area (Å²) in [5.41, 5.74) is 1.53. The zero-order valence-corrected chi connectivity index (χ0v) is 16.7. The van der Waals surface area contributed by atoms with Gasteiger partial charge in [0, 0.05) is 29.0 Å². The Kier molecular flexibility index (Phi) is 6.26. The van der Waals surface area contributed by atoms with Gasteiger partial charge in [0.2, 0.25) is 5.91 Å². The molecule has 0 spiro atoms. The van der Waals surface area contributed by atoms with Crippen LogP contribution < -0.4 is 5.32 Å². The van der Waals surface area contributed by atoms with Crippen molar-refractivity contribution in [3.63, 3.8) is 0 Å². The molecule has 27 heavy (non-hydrogen) atoms. The van der Waals surface area contributed by atoms with Crippen LogP contribution in [0.1, 0.15) is 41.7 Å². The van der Waals surface area contributed by atoms with Crippen molar-refractivity contribution in [2.45, 2.75) is 25.8 Å². The van der Waals surface area contributed by atoms with E-state index >= 15 is 0 Å². The highest BCUT2D eigenvalue weighted by Gasteiger charge is 2.28. The Labute approximate surface area is 166 Å². The second-order valence-corrected chi connectivity index (χ2v) is 7.77. The van der Waals surface area contributed by atoms with E-state index in [0.717, 1.165) is 10.0 Å². The van der Waals surface area contributed by atoms with Gasteiger partial charge in [-0.1, -0.05) is 28.1 Å². The molecule has 6 heteroatoms. The Morgan fingerprint density at radius 3 is 2.26 bits per heavy atom. The monoisotopic (exact) mass is 432 g/mol. The molecule has 1 heterocycles. The molecule has 2 aromatic carbocycles. The Hall–Kier alpha value is -2.21. The summed E-state index contributed by atoms with van der Waals surface area (Å²) >= 11 is 3.41. The third-order valence-corrected chi connectivity index (χ3v) is 5.50. The van der Waals surface area contributed by atoms with E-state index in [1.165, 1.54) is 24.3 Å². The number of nitrogens with one attached hydrogen (secondary N) is 1. The molecule has 0 radical (unpaired) electrons. The summed E-state index contributed by atoms with van der Waals surface area (Å²) in [4.78, 5) is 26.8. The van der Waals surface area contributed by atoms with Gasteiger partial charge in [0.25, 0.3) is 5.91 Å². The highest BCUT2D eigenvalue weighted by molar-refractivity contribution is 9.10. The van der Waals surface area contributed by atoms with Crippen molar-refractivity contribution in [3.8, 4) is 0 Å². The smallest absolute Gasteiger partial charge is 0.253 e. The van der Waals surface area contributed by atoms with E-state index in [1.807, 2.05) is 31.2 Å². The van der Waals surface area contributed by atoms with Gasteiger partial charge < -0.3 is 10.2 Å². The van der Waals surface area contributed by atoms with E-state index in [4.69, 9.17) is 0 Å². The van der Waals surface area contributed by atoms with Crippen molar-refractivity contribution < 1.29 is 14.0 Å². The van der Waals surface area contributed by atoms with E-state index in [2.05, 4.69) is 21.2 Å². The highest BCUT2D eigenvalue weighted by atomic mass is 79.9. The number of halogens is 2. The maximum Gasteiger partial charge on any atom is 0.253 e. The van der Waals surface area contributed by atoms with Gasteiger partial charge in [0.15, 0.2) is 0 Å². The largest absolute Gasteiger partial charge is 0.349 e. The van der Waals surface area contributed by atoms with Crippen LogP contribution in [0, 0.1) is 11.7 Å². The number of piperidine rings is 1. The van der Waals surface area contributed by atoms with Gasteiger partial charge in [-0.3, -0.25) is 9.59 Å². The van der Waals surface area contributed by atoms with Crippen molar-refractivity contribution >= 4 is 27.7 Å². The summed E-state index contributed by atoms with van der Waals surface area (Å²) in [6.45, 7) is 3.02. The van der Waals surface area contributed by atoms with Crippen molar-refractivity contribution in [2.24, 2.45) is 5.92 Å². The minimum Gasteiger partial charge on any atom is -0.349 e. The fourth-order valence-corrected chi connectivity index (χ4v) is 3.55. The van der Waals surface area contributed by atoms with Gasteiger partial charge >= 0.3 is 0 Å². The van der Waals surface area contributed by atoms with E-state index in [1.54, 1.807) is 4.90 Å². The van der Waals surface area contributed by atoms with Crippen LogP contribution >= 0.6 is 15.9 Å². The molecule has 0 saturated carbocycles. The maximum atomic E-state index is 13.0. The van der Waals surface area contributed by atoms with Crippen LogP contribution in [0.3, 0.4) is 0 Å². The van der Waals surface area contributed by atoms with E-state index in [0.29, 0.717) is 31.5 Å². The number of nitrogens with zero attached hydrogens (tertiary/aromatic N) is 1. The summed E-state index contributed by atoms with van der Waals surface area (Å²) < 4.78 is 14.0. The quantitative estimate of drug-likeness (QED) is 0.781. The molecule has 2 amide bonds. The SMILES string of the molecule is CC(NC(=O)C1CCN(C(=O)c2ccc(F)cc2)CC1)c1ccc(Br)cc1.